The first kappa shape index (κ1) is 18.7. The molecule has 0 aliphatic rings. The van der Waals surface area contributed by atoms with Crippen molar-refractivity contribution in [3.05, 3.63) is 91.0 Å². The molecular formula is C18H12F2N4O4. The Morgan fingerprint density at radius 1 is 0.821 bits per heavy atom. The van der Waals surface area contributed by atoms with E-state index in [0.717, 1.165) is 18.2 Å². The molecule has 28 heavy (non-hydrogen) atoms. The Labute approximate surface area is 154 Å². The topological polar surface area (TPSA) is 135 Å². The fourth-order valence-corrected chi connectivity index (χ4v) is 2.63. The highest BCUT2D eigenvalue weighted by Crippen LogP contribution is 2.24. The van der Waals surface area contributed by atoms with E-state index >= 15 is 0 Å². The zero-order valence-electron chi connectivity index (χ0n) is 14.0. The summed E-state index contributed by atoms with van der Waals surface area (Å²) < 4.78 is 25.8. The molecule has 142 valence electrons. The number of nitrogens with zero attached hydrogens (tertiary/aromatic N) is 1. The number of aromatic nitrogens is 2. The summed E-state index contributed by atoms with van der Waals surface area (Å²) in [6.07, 6.45) is 0. The molecule has 0 spiro atoms. The number of aromatic amines is 2. The van der Waals surface area contributed by atoms with Gasteiger partial charge in [0.25, 0.3) is 5.69 Å². The Balaban J connectivity index is 0.000000162. The number of nitro groups is 1. The minimum atomic E-state index is -0.754. The average Bonchev–Trinajstić information content (AvgIpc) is 2.60. The van der Waals surface area contributed by atoms with Crippen molar-refractivity contribution in [1.29, 1.82) is 0 Å². The third-order valence-corrected chi connectivity index (χ3v) is 3.81. The van der Waals surface area contributed by atoms with Crippen molar-refractivity contribution in [3.8, 4) is 0 Å². The Hall–Kier alpha value is -4.08. The van der Waals surface area contributed by atoms with Crippen molar-refractivity contribution in [2.24, 2.45) is 0 Å². The van der Waals surface area contributed by atoms with Crippen LogP contribution < -0.4 is 16.9 Å². The van der Waals surface area contributed by atoms with Gasteiger partial charge in [-0.15, -0.1) is 0 Å². The summed E-state index contributed by atoms with van der Waals surface area (Å²) in [6, 6.07) is 9.72. The molecule has 0 atom stereocenters. The number of anilines is 1. The van der Waals surface area contributed by atoms with Crippen LogP contribution in [0.5, 0.6) is 0 Å². The summed E-state index contributed by atoms with van der Waals surface area (Å²) in [7, 11) is 0. The van der Waals surface area contributed by atoms with Crippen LogP contribution in [-0.4, -0.2) is 14.9 Å². The number of nitrogens with one attached hydrogen (secondary N) is 2. The number of pyridine rings is 2. The number of nitrogen functional groups attached to an aromatic ring is 1. The largest absolute Gasteiger partial charge is 0.398 e. The molecule has 0 aliphatic heterocycles. The molecule has 0 bridgehead atoms. The average molecular weight is 386 g/mol. The maximum absolute atomic E-state index is 13.0. The zero-order chi connectivity index (χ0) is 20.4. The molecule has 2 aromatic carbocycles. The first-order valence-electron chi connectivity index (χ1n) is 7.79. The number of benzene rings is 2. The van der Waals surface area contributed by atoms with Crippen molar-refractivity contribution in [2.75, 3.05) is 5.73 Å². The van der Waals surface area contributed by atoms with Crippen LogP contribution in [0.4, 0.5) is 20.2 Å². The molecule has 2 aromatic heterocycles. The van der Waals surface area contributed by atoms with Crippen LogP contribution in [0, 0.1) is 21.7 Å². The molecule has 0 radical (unpaired) electrons. The van der Waals surface area contributed by atoms with E-state index in [0.29, 0.717) is 16.6 Å². The van der Waals surface area contributed by atoms with Crippen LogP contribution in [0.2, 0.25) is 0 Å². The standard InChI is InChI=1S/C9H5FN2O3.C9H7FN2O/c10-5-3-7-6(1-2-9(13)11-7)8(4-5)12(14)15;10-5-3-7(11)6-1-2-9(13)12-8(6)4-5/h1-4H,(H,11,13);1-4H,11H2,(H,12,13). The number of hydrogen-bond acceptors (Lipinski definition) is 5. The highest BCUT2D eigenvalue weighted by molar-refractivity contribution is 5.90. The molecule has 0 saturated heterocycles. The van der Waals surface area contributed by atoms with Crippen LogP contribution in [0.3, 0.4) is 0 Å². The quantitative estimate of drug-likeness (QED) is 0.263. The second-order valence-corrected chi connectivity index (χ2v) is 5.74. The lowest BCUT2D eigenvalue weighted by molar-refractivity contribution is -0.383. The normalized spacial score (nSPS) is 10.5. The van der Waals surface area contributed by atoms with Gasteiger partial charge in [0.1, 0.15) is 11.6 Å². The van der Waals surface area contributed by atoms with E-state index in [-0.39, 0.29) is 22.1 Å². The van der Waals surface area contributed by atoms with Gasteiger partial charge in [0.15, 0.2) is 0 Å². The zero-order valence-corrected chi connectivity index (χ0v) is 14.0. The Morgan fingerprint density at radius 3 is 1.89 bits per heavy atom. The van der Waals surface area contributed by atoms with Gasteiger partial charge >= 0.3 is 0 Å². The Bertz CT molecular complexity index is 1330. The fraction of sp³-hybridized carbons (Fsp3) is 0. The summed E-state index contributed by atoms with van der Waals surface area (Å²) in [5.41, 5.74) is 5.36. The minimum Gasteiger partial charge on any atom is -0.398 e. The first-order valence-corrected chi connectivity index (χ1v) is 7.79. The monoisotopic (exact) mass is 386 g/mol. The number of hydrogen-bond donors (Lipinski definition) is 3. The lowest BCUT2D eigenvalue weighted by Crippen LogP contribution is -2.03. The summed E-state index contributed by atoms with van der Waals surface area (Å²) in [5.74, 6) is -1.21. The number of nitro benzene ring substituents is 1. The molecule has 4 N–H and O–H groups in total. The summed E-state index contributed by atoms with van der Waals surface area (Å²) in [4.78, 5) is 36.5. The number of fused-ring (bicyclic) bond motifs is 2. The van der Waals surface area contributed by atoms with Gasteiger partial charge in [-0.25, -0.2) is 8.78 Å². The van der Waals surface area contributed by atoms with E-state index in [4.69, 9.17) is 5.73 Å². The molecule has 0 aliphatic carbocycles. The van der Waals surface area contributed by atoms with Gasteiger partial charge in [-0.3, -0.25) is 19.7 Å². The van der Waals surface area contributed by atoms with Crippen molar-refractivity contribution in [3.63, 3.8) is 0 Å². The molecule has 0 saturated carbocycles. The van der Waals surface area contributed by atoms with Gasteiger partial charge in [-0.1, -0.05) is 0 Å². The van der Waals surface area contributed by atoms with Gasteiger partial charge in [-0.05, 0) is 30.3 Å². The van der Waals surface area contributed by atoms with Crippen LogP contribution in [0.15, 0.2) is 58.1 Å². The summed E-state index contributed by atoms with van der Waals surface area (Å²) >= 11 is 0. The highest BCUT2D eigenvalue weighted by Gasteiger charge is 2.14. The smallest absolute Gasteiger partial charge is 0.281 e. The highest BCUT2D eigenvalue weighted by atomic mass is 19.1. The molecule has 0 unspecified atom stereocenters. The number of non-ortho nitro benzene ring substituents is 1. The van der Waals surface area contributed by atoms with E-state index in [9.17, 15) is 28.5 Å². The molecule has 8 nitrogen and oxygen atoms in total. The number of H-pyrrole nitrogens is 2. The van der Waals surface area contributed by atoms with Crippen molar-refractivity contribution in [2.45, 2.75) is 0 Å². The molecular weight excluding hydrogens is 374 g/mol. The molecule has 2 heterocycles. The van der Waals surface area contributed by atoms with Crippen LogP contribution in [-0.2, 0) is 0 Å². The second kappa shape index (κ2) is 7.27. The van der Waals surface area contributed by atoms with E-state index in [1.54, 1.807) is 6.07 Å². The van der Waals surface area contributed by atoms with E-state index < -0.39 is 22.1 Å². The van der Waals surface area contributed by atoms with E-state index in [1.165, 1.54) is 24.3 Å². The molecule has 4 aromatic rings. The SMILES string of the molecule is Nc1cc(F)cc2[nH]c(=O)ccc12.O=c1ccc2c([N+](=O)[O-])cc(F)cc2[nH]1. The second-order valence-electron chi connectivity index (χ2n) is 5.74. The van der Waals surface area contributed by atoms with Gasteiger partial charge in [0, 0.05) is 23.2 Å². The first-order chi connectivity index (χ1) is 13.2. The predicted octanol–water partition coefficient (Wildman–Crippen LogP) is 2.82. The van der Waals surface area contributed by atoms with Gasteiger partial charge in [-0.2, -0.15) is 0 Å². The third-order valence-electron chi connectivity index (χ3n) is 3.81. The van der Waals surface area contributed by atoms with E-state index in [1.807, 2.05) is 0 Å². The number of halogens is 2. The third kappa shape index (κ3) is 3.85. The maximum Gasteiger partial charge on any atom is 0.281 e. The van der Waals surface area contributed by atoms with Gasteiger partial charge in [0.05, 0.1) is 27.4 Å². The molecule has 4 rings (SSSR count). The Kier molecular flexibility index (Phi) is 4.86. The molecule has 0 amide bonds. The van der Waals surface area contributed by atoms with Gasteiger partial charge < -0.3 is 15.7 Å². The number of nitrogens with two attached hydrogens (primary N) is 1. The molecule has 10 heteroatoms. The van der Waals surface area contributed by atoms with Crippen LogP contribution in [0.25, 0.3) is 21.8 Å². The van der Waals surface area contributed by atoms with Crippen molar-refractivity contribution in [1.82, 2.24) is 9.97 Å². The van der Waals surface area contributed by atoms with Crippen LogP contribution in [0.1, 0.15) is 0 Å². The maximum atomic E-state index is 13.0. The number of rotatable bonds is 1. The summed E-state index contributed by atoms with van der Waals surface area (Å²) in [5, 5.41) is 11.5. The summed E-state index contributed by atoms with van der Waals surface area (Å²) in [6.45, 7) is 0. The van der Waals surface area contributed by atoms with Gasteiger partial charge in [0.2, 0.25) is 11.1 Å². The predicted molar refractivity (Wildman–Crippen MR) is 100 cm³/mol. The Morgan fingerprint density at radius 2 is 1.32 bits per heavy atom. The van der Waals surface area contributed by atoms with Crippen LogP contribution >= 0.6 is 0 Å². The van der Waals surface area contributed by atoms with E-state index in [2.05, 4.69) is 9.97 Å². The van der Waals surface area contributed by atoms with Crippen molar-refractivity contribution < 1.29 is 13.7 Å². The van der Waals surface area contributed by atoms with Crippen molar-refractivity contribution >= 4 is 33.2 Å². The minimum absolute atomic E-state index is 0.120. The fourth-order valence-electron chi connectivity index (χ4n) is 2.63. The lowest BCUT2D eigenvalue weighted by atomic mass is 10.2. The molecule has 0 fully saturated rings. The lowest BCUT2D eigenvalue weighted by Gasteiger charge is -2.00.